The summed E-state index contributed by atoms with van der Waals surface area (Å²) >= 11 is 0. The van der Waals surface area contributed by atoms with Gasteiger partial charge in [0.2, 0.25) is 5.88 Å². The zero-order valence-corrected chi connectivity index (χ0v) is 21.4. The van der Waals surface area contributed by atoms with Crippen molar-refractivity contribution in [3.63, 3.8) is 0 Å². The predicted molar refractivity (Wildman–Crippen MR) is 134 cm³/mol. The molecule has 0 atom stereocenters. The van der Waals surface area contributed by atoms with E-state index in [1.54, 1.807) is 19.3 Å². The van der Waals surface area contributed by atoms with Crippen molar-refractivity contribution < 1.29 is 27.0 Å². The molecular weight excluding hydrogens is 504 g/mol. The van der Waals surface area contributed by atoms with Gasteiger partial charge in [-0.2, -0.15) is 18.2 Å². The van der Waals surface area contributed by atoms with Crippen molar-refractivity contribution in [2.45, 2.75) is 39.0 Å². The molecule has 0 saturated heterocycles. The Morgan fingerprint density at radius 2 is 1.97 bits per heavy atom. The number of nitrogens with two attached hydrogens (primary N) is 1. The number of halogens is 4. The molecule has 1 saturated carbocycles. The number of aromatic nitrogens is 4. The molecule has 2 heterocycles. The summed E-state index contributed by atoms with van der Waals surface area (Å²) in [7, 11) is 4.52. The van der Waals surface area contributed by atoms with E-state index in [4.69, 9.17) is 15.2 Å². The topological polar surface area (TPSA) is 100 Å². The number of aryl methyl sites for hydroxylation is 2. The molecule has 1 aliphatic carbocycles. The number of aliphatic imine (C=N–C) groups is 1. The van der Waals surface area contributed by atoms with E-state index in [1.165, 1.54) is 26.3 Å². The largest absolute Gasteiger partial charge is 0.482 e. The number of ether oxygens (including phenoxy) is 2. The summed E-state index contributed by atoms with van der Waals surface area (Å²) in [6.45, 7) is 1.89. The second-order valence-corrected chi connectivity index (χ2v) is 8.87. The molecule has 8 nitrogen and oxygen atoms in total. The Morgan fingerprint density at radius 1 is 1.24 bits per heavy atom. The summed E-state index contributed by atoms with van der Waals surface area (Å²) < 4.78 is 66.4. The van der Waals surface area contributed by atoms with Gasteiger partial charge in [-0.3, -0.25) is 4.99 Å². The van der Waals surface area contributed by atoms with Gasteiger partial charge in [-0.1, -0.05) is 13.0 Å². The number of hydrogen-bond acceptors (Lipinski definition) is 7. The highest BCUT2D eigenvalue weighted by Gasteiger charge is 2.35. The molecule has 0 bridgehead atoms. The zero-order chi connectivity index (χ0) is 27.6. The van der Waals surface area contributed by atoms with Crippen LogP contribution in [0.3, 0.4) is 0 Å². The molecule has 0 unspecified atom stereocenters. The van der Waals surface area contributed by atoms with Crippen LogP contribution in [0.25, 0.3) is 17.0 Å². The van der Waals surface area contributed by atoms with Crippen molar-refractivity contribution in [2.75, 3.05) is 14.2 Å². The SMILES string of the molecule is CCc1cnc(C(C(=NC)C2CC2)=C(N)OC)nc1OCc1ccc(-c2nc(C(F)(F)F)cn2C)c(F)c1. The van der Waals surface area contributed by atoms with Gasteiger partial charge in [0.1, 0.15) is 23.8 Å². The molecule has 2 N–H and O–H groups in total. The van der Waals surface area contributed by atoms with Crippen LogP contribution in [0.5, 0.6) is 5.88 Å². The highest BCUT2D eigenvalue weighted by molar-refractivity contribution is 6.25. The quantitative estimate of drug-likeness (QED) is 0.238. The van der Waals surface area contributed by atoms with Gasteiger partial charge in [0.25, 0.3) is 0 Å². The number of alkyl halides is 3. The van der Waals surface area contributed by atoms with Crippen molar-refractivity contribution >= 4 is 11.3 Å². The second-order valence-electron chi connectivity index (χ2n) is 8.87. The highest BCUT2D eigenvalue weighted by atomic mass is 19.4. The smallest absolute Gasteiger partial charge is 0.434 e. The number of methoxy groups -OCH3 is 1. The van der Waals surface area contributed by atoms with Gasteiger partial charge >= 0.3 is 6.18 Å². The van der Waals surface area contributed by atoms with Gasteiger partial charge in [0, 0.05) is 38.0 Å². The first-order chi connectivity index (χ1) is 18.1. The Labute approximate surface area is 217 Å². The number of nitrogens with zero attached hydrogens (tertiary/aromatic N) is 5. The summed E-state index contributed by atoms with van der Waals surface area (Å²) in [6.07, 6.45) is 0.395. The summed E-state index contributed by atoms with van der Waals surface area (Å²) in [5, 5.41) is 0. The minimum absolute atomic E-state index is 0.0365. The average Bonchev–Trinajstić information content (AvgIpc) is 3.65. The fourth-order valence-electron chi connectivity index (χ4n) is 4.02. The van der Waals surface area contributed by atoms with Crippen LogP contribution < -0.4 is 10.5 Å². The van der Waals surface area contributed by atoms with E-state index in [0.717, 1.165) is 34.9 Å². The van der Waals surface area contributed by atoms with Crippen molar-refractivity contribution in [3.05, 3.63) is 64.9 Å². The fourth-order valence-corrected chi connectivity index (χ4v) is 4.02. The third-order valence-corrected chi connectivity index (χ3v) is 6.17. The maximum Gasteiger partial charge on any atom is 0.434 e. The molecule has 38 heavy (non-hydrogen) atoms. The van der Waals surface area contributed by atoms with Crippen LogP contribution in [0.4, 0.5) is 17.6 Å². The van der Waals surface area contributed by atoms with Crippen LogP contribution >= 0.6 is 0 Å². The van der Waals surface area contributed by atoms with Crippen molar-refractivity contribution in [1.29, 1.82) is 0 Å². The first-order valence-electron chi connectivity index (χ1n) is 12.0. The number of benzene rings is 1. The Morgan fingerprint density at radius 3 is 2.53 bits per heavy atom. The minimum atomic E-state index is -4.63. The normalized spacial score (nSPS) is 14.9. The molecule has 2 aromatic heterocycles. The van der Waals surface area contributed by atoms with Crippen LogP contribution in [-0.2, 0) is 31.0 Å². The lowest BCUT2D eigenvalue weighted by atomic mass is 10.1. The first kappa shape index (κ1) is 27.1. The lowest BCUT2D eigenvalue weighted by molar-refractivity contribution is -0.140. The molecule has 4 rings (SSSR count). The van der Waals surface area contributed by atoms with E-state index in [-0.39, 0.29) is 29.8 Å². The van der Waals surface area contributed by atoms with Crippen LogP contribution in [0, 0.1) is 11.7 Å². The van der Waals surface area contributed by atoms with Gasteiger partial charge in [0.05, 0.1) is 18.4 Å². The highest BCUT2D eigenvalue weighted by Crippen LogP contribution is 2.37. The lowest BCUT2D eigenvalue weighted by Crippen LogP contribution is -2.16. The summed E-state index contributed by atoms with van der Waals surface area (Å²) in [4.78, 5) is 17.0. The van der Waals surface area contributed by atoms with E-state index >= 15 is 0 Å². The third kappa shape index (κ3) is 5.63. The van der Waals surface area contributed by atoms with Gasteiger partial charge in [-0.15, -0.1) is 0 Å². The Bertz CT molecular complexity index is 1390. The molecule has 1 fully saturated rings. The zero-order valence-electron chi connectivity index (χ0n) is 21.4. The van der Waals surface area contributed by atoms with Crippen molar-refractivity contribution in [2.24, 2.45) is 23.7 Å². The monoisotopic (exact) mass is 532 g/mol. The van der Waals surface area contributed by atoms with Gasteiger partial charge < -0.3 is 19.8 Å². The molecule has 0 spiro atoms. The number of allylic oxidation sites excluding steroid dienone is 1. The van der Waals surface area contributed by atoms with Crippen LogP contribution in [-0.4, -0.2) is 39.4 Å². The summed E-state index contributed by atoms with van der Waals surface area (Å²) in [5.74, 6) is 0.159. The van der Waals surface area contributed by atoms with Crippen LogP contribution in [0.1, 0.15) is 42.4 Å². The average molecular weight is 533 g/mol. The Hall–Kier alpha value is -3.96. The fraction of sp³-hybridized carbons (Fsp3) is 0.385. The van der Waals surface area contributed by atoms with E-state index in [1.807, 2.05) is 6.92 Å². The second kappa shape index (κ2) is 10.8. The molecule has 3 aromatic rings. The summed E-state index contributed by atoms with van der Waals surface area (Å²) in [5.41, 5.74) is 7.46. The summed E-state index contributed by atoms with van der Waals surface area (Å²) in [6, 6.07) is 4.15. The molecule has 1 aromatic carbocycles. The van der Waals surface area contributed by atoms with Gasteiger partial charge in [-0.05, 0) is 37.0 Å². The molecule has 1 aliphatic rings. The van der Waals surface area contributed by atoms with Crippen molar-refractivity contribution in [1.82, 2.24) is 19.5 Å². The lowest BCUT2D eigenvalue weighted by Gasteiger charge is -2.15. The Kier molecular flexibility index (Phi) is 7.70. The van der Waals surface area contributed by atoms with E-state index in [2.05, 4.69) is 19.9 Å². The number of imidazole rings is 1. The van der Waals surface area contributed by atoms with Crippen molar-refractivity contribution in [3.8, 4) is 17.3 Å². The standard InChI is InChI=1S/C26H28F4N6O2/c1-5-15-11-33-23(20(22(31)37-4)21(32-2)16-7-8-16)35-25(15)38-13-14-6-9-17(18(27)10-14)24-34-19(12-36(24)3)26(28,29)30/h6,9-12,16H,5,7-8,13,31H2,1-4H3. The predicted octanol–water partition coefficient (Wildman–Crippen LogP) is 4.93. The number of hydrogen-bond donors (Lipinski definition) is 1. The van der Waals surface area contributed by atoms with Crippen LogP contribution in [0.15, 0.2) is 41.5 Å². The molecule has 202 valence electrons. The van der Waals surface area contributed by atoms with E-state index in [0.29, 0.717) is 29.3 Å². The van der Waals surface area contributed by atoms with E-state index < -0.39 is 17.7 Å². The van der Waals surface area contributed by atoms with E-state index in [9.17, 15) is 17.6 Å². The maximum atomic E-state index is 14.9. The minimum Gasteiger partial charge on any atom is -0.482 e. The van der Waals surface area contributed by atoms with Gasteiger partial charge in [-0.25, -0.2) is 14.4 Å². The molecule has 0 amide bonds. The van der Waals surface area contributed by atoms with Crippen LogP contribution in [0.2, 0.25) is 0 Å². The molecular formula is C26H28F4N6O2. The third-order valence-electron chi connectivity index (χ3n) is 6.17. The Balaban J connectivity index is 1.59. The maximum absolute atomic E-state index is 14.9. The number of rotatable bonds is 9. The first-order valence-corrected chi connectivity index (χ1v) is 12.0. The molecule has 0 radical (unpaired) electrons. The van der Waals surface area contributed by atoms with Gasteiger partial charge in [0.15, 0.2) is 17.4 Å². The molecule has 12 heteroatoms. The molecule has 0 aliphatic heterocycles.